The fraction of sp³-hybridized carbons (Fsp3) is 0. The number of nitrogens with zero attached hydrogens (tertiary/aromatic N) is 4. The molecule has 5 aromatic rings. The molecule has 170 valence electrons. The van der Waals surface area contributed by atoms with Gasteiger partial charge in [-0.15, -0.1) is 11.3 Å². The van der Waals surface area contributed by atoms with Crippen molar-refractivity contribution in [2.24, 2.45) is 0 Å². The van der Waals surface area contributed by atoms with E-state index in [1.54, 1.807) is 48.0 Å². The van der Waals surface area contributed by atoms with E-state index >= 15 is 0 Å². The lowest BCUT2D eigenvalue weighted by molar-refractivity contribution is -0.384. The molecule has 0 fully saturated rings. The van der Waals surface area contributed by atoms with Gasteiger partial charge in [-0.1, -0.05) is 15.9 Å². The van der Waals surface area contributed by atoms with Crippen LogP contribution >= 0.6 is 27.3 Å². The summed E-state index contributed by atoms with van der Waals surface area (Å²) in [6.45, 7) is 0. The van der Waals surface area contributed by atoms with Crippen LogP contribution in [0.1, 0.15) is 10.7 Å². The van der Waals surface area contributed by atoms with Crippen LogP contribution in [0.15, 0.2) is 85.9 Å². The topological polar surface area (TPSA) is 115 Å². The Hall–Kier alpha value is -4.33. The average molecular weight is 545 g/mol. The van der Waals surface area contributed by atoms with E-state index in [2.05, 4.69) is 27.0 Å². The first kappa shape index (κ1) is 22.5. The molecule has 0 radical (unpaired) electrons. The van der Waals surface area contributed by atoms with Crippen molar-refractivity contribution in [1.29, 1.82) is 5.26 Å². The van der Waals surface area contributed by atoms with Crippen LogP contribution in [-0.2, 0) is 0 Å². The van der Waals surface area contributed by atoms with Crippen LogP contribution in [0.25, 0.3) is 39.6 Å². The summed E-state index contributed by atoms with van der Waals surface area (Å²) in [4.78, 5) is 27.6. The van der Waals surface area contributed by atoms with Gasteiger partial charge in [0.1, 0.15) is 16.7 Å². The number of non-ortho nitro benzene ring substituents is 1. The number of thiazole rings is 1. The third kappa shape index (κ3) is 4.42. The molecule has 3 heterocycles. The summed E-state index contributed by atoms with van der Waals surface area (Å²) in [5, 5.41) is 23.7. The molecule has 8 nitrogen and oxygen atoms in total. The van der Waals surface area contributed by atoms with E-state index in [-0.39, 0.29) is 5.69 Å². The third-order valence-corrected chi connectivity index (χ3v) is 6.61. The predicted molar refractivity (Wildman–Crippen MR) is 137 cm³/mol. The quantitative estimate of drug-likeness (QED) is 0.109. The molecular weight excluding hydrogens is 532 g/mol. The second-order valence-corrected chi connectivity index (χ2v) is 9.19. The van der Waals surface area contributed by atoms with Crippen LogP contribution in [0.5, 0.6) is 0 Å². The minimum atomic E-state index is -0.508. The summed E-state index contributed by atoms with van der Waals surface area (Å²) in [7, 11) is 0. The number of nitro benzene ring substituents is 1. The van der Waals surface area contributed by atoms with E-state index in [9.17, 15) is 20.2 Å². The molecule has 0 N–H and O–H groups in total. The molecule has 2 aromatic carbocycles. The van der Waals surface area contributed by atoms with Gasteiger partial charge in [0.15, 0.2) is 0 Å². The summed E-state index contributed by atoms with van der Waals surface area (Å²) in [6, 6.07) is 19.0. The average Bonchev–Trinajstić information content (AvgIpc) is 3.52. The molecule has 0 unspecified atom stereocenters. The summed E-state index contributed by atoms with van der Waals surface area (Å²) in [6.07, 6.45) is 3.48. The number of hydrogen-bond acceptors (Lipinski definition) is 7. The Morgan fingerprint density at radius 1 is 1.20 bits per heavy atom. The van der Waals surface area contributed by atoms with Gasteiger partial charge in [0.05, 0.1) is 21.8 Å². The normalized spacial score (nSPS) is 11.5. The van der Waals surface area contributed by atoms with E-state index in [4.69, 9.17) is 4.42 Å². The van der Waals surface area contributed by atoms with E-state index in [1.165, 1.54) is 23.5 Å². The zero-order valence-electron chi connectivity index (χ0n) is 17.7. The molecule has 0 saturated heterocycles. The maximum atomic E-state index is 12.6. The molecule has 35 heavy (non-hydrogen) atoms. The molecule has 0 atom stereocenters. The van der Waals surface area contributed by atoms with E-state index in [0.717, 1.165) is 9.86 Å². The molecule has 10 heteroatoms. The Labute approximate surface area is 210 Å². The fourth-order valence-corrected chi connectivity index (χ4v) is 4.73. The van der Waals surface area contributed by atoms with Crippen LogP contribution in [0, 0.1) is 21.4 Å². The van der Waals surface area contributed by atoms with Crippen molar-refractivity contribution in [1.82, 2.24) is 9.55 Å². The number of aromatic nitrogens is 2. The summed E-state index contributed by atoms with van der Waals surface area (Å²) < 4.78 is 8.10. The first-order valence-corrected chi connectivity index (χ1v) is 11.8. The number of nitriles is 1. The Morgan fingerprint density at radius 2 is 2.00 bits per heavy atom. The second-order valence-electron chi connectivity index (χ2n) is 7.41. The third-order valence-electron chi connectivity index (χ3n) is 5.24. The largest absolute Gasteiger partial charge is 0.422 e. The molecule has 0 amide bonds. The fourth-order valence-electron chi connectivity index (χ4n) is 3.57. The van der Waals surface area contributed by atoms with Gasteiger partial charge < -0.3 is 8.98 Å². The Bertz CT molecular complexity index is 1730. The molecule has 3 aromatic heterocycles. The lowest BCUT2D eigenvalue weighted by Crippen LogP contribution is -2.03. The molecule has 5 rings (SSSR count). The number of nitro groups is 1. The van der Waals surface area contributed by atoms with E-state index in [1.807, 2.05) is 22.8 Å². The highest BCUT2D eigenvalue weighted by molar-refractivity contribution is 9.10. The van der Waals surface area contributed by atoms with Gasteiger partial charge in [-0.3, -0.25) is 10.1 Å². The molecule has 0 aliphatic rings. The van der Waals surface area contributed by atoms with Crippen molar-refractivity contribution in [3.63, 3.8) is 0 Å². The highest BCUT2D eigenvalue weighted by atomic mass is 79.9. The Balaban J connectivity index is 1.51. The maximum Gasteiger partial charge on any atom is 0.345 e. The zero-order chi connectivity index (χ0) is 24.5. The minimum absolute atomic E-state index is 0.00319. The summed E-state index contributed by atoms with van der Waals surface area (Å²) in [5.41, 5.74) is 2.42. The smallest absolute Gasteiger partial charge is 0.345 e. The number of halogens is 1. The first-order valence-electron chi connectivity index (χ1n) is 10.2. The number of rotatable bonds is 5. The van der Waals surface area contributed by atoms with Crippen LogP contribution in [0.4, 0.5) is 5.69 Å². The summed E-state index contributed by atoms with van der Waals surface area (Å²) in [5.74, 6) is 0. The summed E-state index contributed by atoms with van der Waals surface area (Å²) >= 11 is 4.66. The van der Waals surface area contributed by atoms with Crippen molar-refractivity contribution >= 4 is 55.6 Å². The van der Waals surface area contributed by atoms with Crippen molar-refractivity contribution in [2.45, 2.75) is 0 Å². The SMILES string of the molecule is N#C/C(=C/c1cccn1-c1ccc([N+](=O)[O-])cc1)c1nc(-c2cc3cc(Br)ccc3oc2=O)cs1. The standard InChI is InChI=1S/C25H13BrN4O4S/c26-17-3-8-23-15(10-17)12-21(25(31)34-23)22-14-35-24(28-22)16(13-27)11-20-2-1-9-29(20)18-4-6-19(7-5-18)30(32)33/h1-12,14H/b16-11-. The van der Waals surface area contributed by atoms with Gasteiger partial charge in [0.25, 0.3) is 5.69 Å². The molecule has 0 spiro atoms. The van der Waals surface area contributed by atoms with Crippen LogP contribution < -0.4 is 5.63 Å². The number of benzene rings is 2. The molecular formula is C25H13BrN4O4S. The first-order chi connectivity index (χ1) is 16.9. The zero-order valence-corrected chi connectivity index (χ0v) is 20.1. The van der Waals surface area contributed by atoms with Crippen LogP contribution in [-0.4, -0.2) is 14.5 Å². The van der Waals surface area contributed by atoms with Crippen LogP contribution in [0.2, 0.25) is 0 Å². The number of allylic oxidation sites excluding steroid dienone is 1. The number of hydrogen-bond donors (Lipinski definition) is 0. The predicted octanol–water partition coefficient (Wildman–Crippen LogP) is 6.44. The Morgan fingerprint density at radius 3 is 2.74 bits per heavy atom. The minimum Gasteiger partial charge on any atom is -0.422 e. The van der Waals surface area contributed by atoms with Crippen LogP contribution in [0.3, 0.4) is 0 Å². The molecule has 0 saturated carbocycles. The second kappa shape index (κ2) is 9.13. The van der Waals surface area contributed by atoms with Gasteiger partial charge in [-0.05, 0) is 54.6 Å². The van der Waals surface area contributed by atoms with E-state index in [0.29, 0.717) is 38.8 Å². The lowest BCUT2D eigenvalue weighted by Gasteiger charge is -2.06. The monoisotopic (exact) mass is 544 g/mol. The molecule has 0 aliphatic carbocycles. The van der Waals surface area contributed by atoms with Gasteiger partial charge in [-0.2, -0.15) is 5.26 Å². The van der Waals surface area contributed by atoms with Crippen molar-refractivity contribution < 1.29 is 9.34 Å². The maximum absolute atomic E-state index is 12.6. The van der Waals surface area contributed by atoms with Gasteiger partial charge in [0.2, 0.25) is 0 Å². The van der Waals surface area contributed by atoms with Gasteiger partial charge >= 0.3 is 5.63 Å². The molecule has 0 aliphatic heterocycles. The lowest BCUT2D eigenvalue weighted by atomic mass is 10.1. The van der Waals surface area contributed by atoms with Gasteiger partial charge in [-0.25, -0.2) is 9.78 Å². The highest BCUT2D eigenvalue weighted by Gasteiger charge is 2.15. The van der Waals surface area contributed by atoms with Crippen molar-refractivity contribution in [2.75, 3.05) is 0 Å². The number of fused-ring (bicyclic) bond motifs is 1. The van der Waals surface area contributed by atoms with E-state index < -0.39 is 10.5 Å². The van der Waals surface area contributed by atoms with Crippen molar-refractivity contribution in [3.05, 3.63) is 108 Å². The Kier molecular flexibility index (Phi) is 5.86. The molecule has 0 bridgehead atoms. The highest BCUT2D eigenvalue weighted by Crippen LogP contribution is 2.29. The van der Waals surface area contributed by atoms with Gasteiger partial charge in [0, 0.05) is 44.9 Å². The van der Waals surface area contributed by atoms with Crippen molar-refractivity contribution in [3.8, 4) is 23.0 Å².